The van der Waals surface area contributed by atoms with Crippen LogP contribution in [-0.2, 0) is 0 Å². The number of nitrogens with zero attached hydrogens (tertiary/aromatic N) is 2. The summed E-state index contributed by atoms with van der Waals surface area (Å²) in [5.74, 6) is 0.888. The molecule has 0 saturated carbocycles. The molecule has 0 N–H and O–H groups in total. The maximum Gasteiger partial charge on any atom is 0.194 e. The second kappa shape index (κ2) is 7.51. The minimum Gasteiger partial charge on any atom is -0.453 e. The first-order valence-corrected chi connectivity index (χ1v) is 10.4. The molecule has 5 heteroatoms. The highest BCUT2D eigenvalue weighted by Crippen LogP contribution is 2.41. The quantitative estimate of drug-likeness (QED) is 0.261. The van der Waals surface area contributed by atoms with Crippen LogP contribution >= 0.6 is 0 Å². The molecule has 0 fully saturated rings. The van der Waals surface area contributed by atoms with Crippen molar-refractivity contribution in [2.45, 2.75) is 20.8 Å². The van der Waals surface area contributed by atoms with Crippen molar-refractivity contribution >= 4 is 28.6 Å². The number of Topliss-reactive ketones (excluding diaryl/α,β-unsaturated/α-hetero) is 1. The zero-order valence-corrected chi connectivity index (χ0v) is 18.3. The highest BCUT2D eigenvalue weighted by atomic mass is 16.4. The van der Waals surface area contributed by atoms with E-state index in [1.54, 1.807) is 36.4 Å². The minimum atomic E-state index is -0.247. The molecule has 2 aromatic carbocycles. The van der Waals surface area contributed by atoms with Crippen LogP contribution in [0.5, 0.6) is 0 Å². The molecule has 1 aliphatic carbocycles. The van der Waals surface area contributed by atoms with E-state index in [2.05, 4.69) is 32.9 Å². The predicted molar refractivity (Wildman–Crippen MR) is 125 cm³/mol. The van der Waals surface area contributed by atoms with Crippen LogP contribution < -0.4 is 0 Å². The lowest BCUT2D eigenvalue weighted by Crippen LogP contribution is -1.95. The number of benzene rings is 2. The Balaban J connectivity index is 1.61. The van der Waals surface area contributed by atoms with Gasteiger partial charge in [-0.3, -0.25) is 4.79 Å². The fraction of sp³-hybridized carbons (Fsp3) is 0.107. The van der Waals surface area contributed by atoms with Gasteiger partial charge in [-0.2, -0.15) is 10.5 Å². The van der Waals surface area contributed by atoms with Crippen LogP contribution in [0.1, 0.15) is 38.4 Å². The maximum atomic E-state index is 13.1. The van der Waals surface area contributed by atoms with Crippen molar-refractivity contribution in [3.05, 3.63) is 93.3 Å². The molecule has 2 heterocycles. The molecule has 0 saturated heterocycles. The van der Waals surface area contributed by atoms with Gasteiger partial charge in [-0.25, -0.2) is 0 Å². The highest BCUT2D eigenvalue weighted by molar-refractivity contribution is 6.29. The van der Waals surface area contributed by atoms with Crippen molar-refractivity contribution in [3.8, 4) is 23.5 Å². The number of nitriles is 2. The summed E-state index contributed by atoms with van der Waals surface area (Å²) in [6.45, 7) is 6.16. The van der Waals surface area contributed by atoms with E-state index < -0.39 is 0 Å². The van der Waals surface area contributed by atoms with Crippen molar-refractivity contribution in [2.75, 3.05) is 0 Å². The van der Waals surface area contributed by atoms with Crippen LogP contribution in [0.25, 0.3) is 34.1 Å². The molecule has 0 amide bonds. The number of aryl methyl sites for hydroxylation is 3. The fourth-order valence-corrected chi connectivity index (χ4v) is 4.61. The molecule has 2 aromatic heterocycles. The second-order valence-electron chi connectivity index (χ2n) is 8.17. The number of hydrogen-bond donors (Lipinski definition) is 0. The summed E-state index contributed by atoms with van der Waals surface area (Å²) in [7, 11) is 0. The van der Waals surface area contributed by atoms with Gasteiger partial charge in [0.05, 0.1) is 0 Å². The van der Waals surface area contributed by atoms with E-state index >= 15 is 0 Å². The van der Waals surface area contributed by atoms with Gasteiger partial charge in [-0.1, -0.05) is 42.0 Å². The summed E-state index contributed by atoms with van der Waals surface area (Å²) >= 11 is 0. The Hall–Kier alpha value is -4.61. The van der Waals surface area contributed by atoms with Crippen molar-refractivity contribution in [3.63, 3.8) is 0 Å². The molecule has 0 radical (unpaired) electrons. The van der Waals surface area contributed by atoms with E-state index in [1.807, 2.05) is 18.2 Å². The van der Waals surface area contributed by atoms with Gasteiger partial charge in [-0.05, 0) is 43.5 Å². The van der Waals surface area contributed by atoms with E-state index in [1.165, 1.54) is 5.56 Å². The molecular weight excluding hydrogens is 412 g/mol. The summed E-state index contributed by atoms with van der Waals surface area (Å²) in [6.07, 6.45) is 1.57. The summed E-state index contributed by atoms with van der Waals surface area (Å²) in [4.78, 5) is 13.1. The van der Waals surface area contributed by atoms with Gasteiger partial charge in [-0.15, -0.1) is 0 Å². The van der Waals surface area contributed by atoms with Crippen LogP contribution in [-0.4, -0.2) is 5.78 Å². The largest absolute Gasteiger partial charge is 0.453 e. The first kappa shape index (κ1) is 20.3. The highest BCUT2D eigenvalue weighted by Gasteiger charge is 2.32. The normalized spacial score (nSPS) is 13.9. The van der Waals surface area contributed by atoms with Crippen molar-refractivity contribution < 1.29 is 13.6 Å². The standard InChI is InChI=1S/C28H18N2O3/c1-15-8-16(2)26(17(3)9-15)25-12-24-23(33-25)11-19(32-24)10-22-27(18(13-29)14-30)20-6-4-5-7-21(20)28(22)31/h4-12H,1-3H3/b22-10-. The van der Waals surface area contributed by atoms with Crippen LogP contribution in [0.15, 0.2) is 68.5 Å². The number of rotatable bonds is 2. The van der Waals surface area contributed by atoms with Crippen LogP contribution in [0, 0.1) is 43.4 Å². The molecule has 33 heavy (non-hydrogen) atoms. The Morgan fingerprint density at radius 2 is 1.52 bits per heavy atom. The number of carbonyl (C=O) groups is 1. The molecule has 0 unspecified atom stereocenters. The monoisotopic (exact) mass is 430 g/mol. The molecule has 0 atom stereocenters. The topological polar surface area (TPSA) is 90.9 Å². The Bertz CT molecular complexity index is 1560. The zero-order valence-electron chi connectivity index (χ0n) is 18.3. The SMILES string of the molecule is Cc1cc(C)c(-c2cc3oc(/C=C4\C(=O)c5ccccc5C4=C(C#N)C#N)cc3o2)c(C)c1. The lowest BCUT2D eigenvalue weighted by molar-refractivity contribution is 0.104. The molecule has 0 aliphatic heterocycles. The number of fused-ring (bicyclic) bond motifs is 2. The smallest absolute Gasteiger partial charge is 0.194 e. The number of ketones is 1. The van der Waals surface area contributed by atoms with E-state index in [-0.39, 0.29) is 16.9 Å². The Kier molecular flexibility index (Phi) is 4.62. The number of carbonyl (C=O) groups excluding carboxylic acids is 1. The second-order valence-corrected chi connectivity index (χ2v) is 8.17. The molecule has 5 nitrogen and oxygen atoms in total. The summed E-state index contributed by atoms with van der Waals surface area (Å²) in [6, 6.07) is 18.6. The molecule has 0 spiro atoms. The molecule has 158 valence electrons. The van der Waals surface area contributed by atoms with Crippen molar-refractivity contribution in [1.29, 1.82) is 10.5 Å². The Labute approximate surface area is 190 Å². The molecule has 0 bridgehead atoms. The maximum absolute atomic E-state index is 13.1. The molecule has 5 rings (SSSR count). The predicted octanol–water partition coefficient (Wildman–Crippen LogP) is 6.70. The lowest BCUT2D eigenvalue weighted by atomic mass is 9.98. The van der Waals surface area contributed by atoms with E-state index in [0.717, 1.165) is 22.5 Å². The van der Waals surface area contributed by atoms with Gasteiger partial charge in [0.1, 0.15) is 29.2 Å². The third-order valence-corrected chi connectivity index (χ3v) is 5.86. The van der Waals surface area contributed by atoms with Gasteiger partial charge in [0.25, 0.3) is 0 Å². The van der Waals surface area contributed by atoms with E-state index in [0.29, 0.717) is 33.6 Å². The minimum absolute atomic E-state index is 0.109. The van der Waals surface area contributed by atoms with Gasteiger partial charge < -0.3 is 8.83 Å². The van der Waals surface area contributed by atoms with Crippen LogP contribution in [0.2, 0.25) is 0 Å². The van der Waals surface area contributed by atoms with Crippen LogP contribution in [0.4, 0.5) is 0 Å². The third kappa shape index (κ3) is 3.19. The molecule has 4 aromatic rings. The average molecular weight is 430 g/mol. The first-order valence-electron chi connectivity index (χ1n) is 10.4. The Morgan fingerprint density at radius 1 is 0.879 bits per heavy atom. The van der Waals surface area contributed by atoms with Gasteiger partial charge in [0.15, 0.2) is 16.9 Å². The summed E-state index contributed by atoms with van der Waals surface area (Å²) < 4.78 is 12.0. The third-order valence-electron chi connectivity index (χ3n) is 5.86. The van der Waals surface area contributed by atoms with Crippen molar-refractivity contribution in [1.82, 2.24) is 0 Å². The Morgan fingerprint density at radius 3 is 2.15 bits per heavy atom. The van der Waals surface area contributed by atoms with Gasteiger partial charge in [0, 0.05) is 34.4 Å². The van der Waals surface area contributed by atoms with Crippen molar-refractivity contribution in [2.24, 2.45) is 0 Å². The fourth-order valence-electron chi connectivity index (χ4n) is 4.61. The number of furan rings is 2. The molecular formula is C28H18N2O3. The van der Waals surface area contributed by atoms with E-state index in [9.17, 15) is 15.3 Å². The van der Waals surface area contributed by atoms with Gasteiger partial charge >= 0.3 is 0 Å². The lowest BCUT2D eigenvalue weighted by Gasteiger charge is -2.08. The van der Waals surface area contributed by atoms with E-state index in [4.69, 9.17) is 8.83 Å². The zero-order chi connectivity index (χ0) is 23.3. The average Bonchev–Trinajstić information content (AvgIpc) is 3.41. The van der Waals surface area contributed by atoms with Gasteiger partial charge in [0.2, 0.25) is 0 Å². The summed E-state index contributed by atoms with van der Waals surface area (Å²) in [5, 5.41) is 18.9. The number of allylic oxidation sites excluding steroid dienone is 3. The first-order chi connectivity index (χ1) is 15.9. The molecule has 1 aliphatic rings. The summed E-state index contributed by atoms with van der Waals surface area (Å²) in [5.41, 5.74) is 7.12. The number of hydrogen-bond acceptors (Lipinski definition) is 5. The van der Waals surface area contributed by atoms with Crippen LogP contribution in [0.3, 0.4) is 0 Å².